The first kappa shape index (κ1) is 24.2. The number of amides is 1. The topological polar surface area (TPSA) is 109 Å². The van der Waals surface area contributed by atoms with Crippen molar-refractivity contribution in [2.24, 2.45) is 5.92 Å². The highest BCUT2D eigenvalue weighted by atomic mass is 35.5. The maximum atomic E-state index is 13.2. The van der Waals surface area contributed by atoms with E-state index in [1.165, 1.54) is 18.5 Å². The Labute approximate surface area is 193 Å². The fourth-order valence-corrected chi connectivity index (χ4v) is 5.28. The van der Waals surface area contributed by atoms with E-state index in [9.17, 15) is 13.2 Å². The third kappa shape index (κ3) is 6.52. The van der Waals surface area contributed by atoms with E-state index in [1.807, 2.05) is 0 Å². The predicted octanol–water partition coefficient (Wildman–Crippen LogP) is 3.37. The average Bonchev–Trinajstić information content (AvgIpc) is 3.26. The monoisotopic (exact) mass is 475 g/mol. The van der Waals surface area contributed by atoms with Crippen LogP contribution in [0.5, 0.6) is 0 Å². The summed E-state index contributed by atoms with van der Waals surface area (Å²) in [6.07, 6.45) is 9.57. The van der Waals surface area contributed by atoms with Crippen LogP contribution < -0.4 is 5.32 Å². The molecule has 1 heterocycles. The number of nitrogens with one attached hydrogen (secondary N) is 1. The zero-order chi connectivity index (χ0) is 23.1. The summed E-state index contributed by atoms with van der Waals surface area (Å²) < 4.78 is 23.8. The molecular weight excluding hydrogens is 450 g/mol. The van der Waals surface area contributed by atoms with Crippen molar-refractivity contribution in [2.45, 2.75) is 49.3 Å². The highest BCUT2D eigenvalue weighted by molar-refractivity contribution is 7.90. The van der Waals surface area contributed by atoms with E-state index in [1.54, 1.807) is 12.1 Å². The number of carbonyl (C=O) groups excluding carboxylic acids is 1. The largest absolute Gasteiger partial charge is 0.384 e. The number of aliphatic hydroxyl groups is 1. The number of benzene rings is 1. The molecule has 0 radical (unpaired) electrons. The number of carbonyl (C=O) groups is 1. The van der Waals surface area contributed by atoms with Crippen LogP contribution in [-0.2, 0) is 21.1 Å². The molecule has 0 aliphatic heterocycles. The highest BCUT2D eigenvalue weighted by Crippen LogP contribution is 2.36. The fourth-order valence-electron chi connectivity index (χ4n) is 3.94. The molecule has 0 saturated heterocycles. The maximum Gasteiger partial charge on any atom is 0.233 e. The number of hydrogen-bond donors (Lipinski definition) is 2. The number of aromatic nitrogens is 2. The summed E-state index contributed by atoms with van der Waals surface area (Å²) in [7, 11) is -3.45. The van der Waals surface area contributed by atoms with Crippen LogP contribution in [-0.4, -0.2) is 42.3 Å². The van der Waals surface area contributed by atoms with E-state index in [-0.39, 0.29) is 22.4 Å². The quantitative estimate of drug-likeness (QED) is 0.594. The Kier molecular flexibility index (Phi) is 8.24. The van der Waals surface area contributed by atoms with Crippen LogP contribution in [0.25, 0.3) is 0 Å². The van der Waals surface area contributed by atoms with E-state index in [2.05, 4.69) is 27.1 Å². The van der Waals surface area contributed by atoms with Crippen molar-refractivity contribution in [3.8, 4) is 11.8 Å². The molecule has 3 rings (SSSR count). The van der Waals surface area contributed by atoms with Gasteiger partial charge in [0.05, 0.1) is 40.3 Å². The second-order valence-electron chi connectivity index (χ2n) is 7.97. The Bertz CT molecular complexity index is 1120. The lowest BCUT2D eigenvalue weighted by molar-refractivity contribution is -0.118. The molecular formula is C23H26ClN3O4S. The zero-order valence-corrected chi connectivity index (χ0v) is 19.4. The van der Waals surface area contributed by atoms with Gasteiger partial charge in [-0.05, 0) is 30.0 Å². The van der Waals surface area contributed by atoms with Gasteiger partial charge in [0.15, 0.2) is 15.7 Å². The summed E-state index contributed by atoms with van der Waals surface area (Å²) in [5, 5.41) is 11.6. The van der Waals surface area contributed by atoms with Crippen molar-refractivity contribution < 1.29 is 18.3 Å². The SMILES string of the molecule is CS(=O)(=O)c1ccc([C@@H](CC2CCCC2)C(=O)Nc2cnc(CC#CCO)cn2)cc1Cl. The Hall–Kier alpha value is -2.47. The summed E-state index contributed by atoms with van der Waals surface area (Å²) in [5.74, 6) is 5.35. The van der Waals surface area contributed by atoms with Crippen molar-refractivity contribution in [1.82, 2.24) is 9.97 Å². The Morgan fingerprint density at radius 1 is 1.25 bits per heavy atom. The minimum atomic E-state index is -3.45. The third-order valence-corrected chi connectivity index (χ3v) is 7.13. The maximum absolute atomic E-state index is 13.2. The molecule has 1 fully saturated rings. The first-order valence-electron chi connectivity index (χ1n) is 10.5. The first-order valence-corrected chi connectivity index (χ1v) is 12.7. The zero-order valence-electron chi connectivity index (χ0n) is 17.8. The summed E-state index contributed by atoms with van der Waals surface area (Å²) in [6.45, 7) is -0.209. The number of sulfone groups is 1. The average molecular weight is 476 g/mol. The lowest BCUT2D eigenvalue weighted by Gasteiger charge is -2.21. The predicted molar refractivity (Wildman–Crippen MR) is 123 cm³/mol. The lowest BCUT2D eigenvalue weighted by Crippen LogP contribution is -2.24. The minimum Gasteiger partial charge on any atom is -0.384 e. The molecule has 1 aromatic carbocycles. The first-order chi connectivity index (χ1) is 15.3. The van der Waals surface area contributed by atoms with Gasteiger partial charge in [0.2, 0.25) is 5.91 Å². The summed E-state index contributed by atoms with van der Waals surface area (Å²) >= 11 is 6.25. The van der Waals surface area contributed by atoms with E-state index in [0.29, 0.717) is 35.8 Å². The van der Waals surface area contributed by atoms with Gasteiger partial charge in [-0.15, -0.1) is 0 Å². The number of anilines is 1. The van der Waals surface area contributed by atoms with E-state index < -0.39 is 15.8 Å². The number of hydrogen-bond acceptors (Lipinski definition) is 6. The van der Waals surface area contributed by atoms with Crippen LogP contribution in [0.3, 0.4) is 0 Å². The molecule has 1 saturated carbocycles. The van der Waals surface area contributed by atoms with Crippen molar-refractivity contribution >= 4 is 33.2 Å². The van der Waals surface area contributed by atoms with Crippen LogP contribution in [0.2, 0.25) is 5.02 Å². The van der Waals surface area contributed by atoms with E-state index in [0.717, 1.165) is 31.9 Å². The molecule has 1 atom stereocenters. The number of rotatable bonds is 7. The molecule has 0 bridgehead atoms. The Morgan fingerprint density at radius 3 is 2.59 bits per heavy atom. The van der Waals surface area contributed by atoms with Crippen molar-refractivity contribution in [3.05, 3.63) is 46.9 Å². The van der Waals surface area contributed by atoms with Gasteiger partial charge in [-0.25, -0.2) is 13.4 Å². The molecule has 1 aliphatic rings. The van der Waals surface area contributed by atoms with Crippen LogP contribution in [0.15, 0.2) is 35.5 Å². The number of halogens is 1. The van der Waals surface area contributed by atoms with Gasteiger partial charge < -0.3 is 10.4 Å². The molecule has 0 spiro atoms. The second kappa shape index (κ2) is 10.9. The normalized spacial score (nSPS) is 15.1. The van der Waals surface area contributed by atoms with Crippen molar-refractivity contribution in [2.75, 3.05) is 18.2 Å². The van der Waals surface area contributed by atoms with Gasteiger partial charge in [-0.3, -0.25) is 9.78 Å². The molecule has 0 unspecified atom stereocenters. The number of aliphatic hydroxyl groups excluding tert-OH is 1. The summed E-state index contributed by atoms with van der Waals surface area (Å²) in [5.41, 5.74) is 1.31. The van der Waals surface area contributed by atoms with Crippen molar-refractivity contribution in [3.63, 3.8) is 0 Å². The Morgan fingerprint density at radius 2 is 2.00 bits per heavy atom. The Balaban J connectivity index is 1.80. The molecule has 1 aromatic heterocycles. The molecule has 1 amide bonds. The van der Waals surface area contributed by atoms with Gasteiger partial charge in [-0.1, -0.05) is 55.2 Å². The summed E-state index contributed by atoms with van der Waals surface area (Å²) in [4.78, 5) is 21.7. The minimum absolute atomic E-state index is 0.0497. The van der Waals surface area contributed by atoms with E-state index >= 15 is 0 Å². The molecule has 1 aliphatic carbocycles. The summed E-state index contributed by atoms with van der Waals surface area (Å²) in [6, 6.07) is 4.70. The standard InChI is InChI=1S/C23H26ClN3O4S/c1-32(30,31)21-10-9-17(13-20(21)24)19(12-16-6-2-3-7-16)23(29)27-22-15-25-18(14-26-22)8-4-5-11-28/h9-10,13-16,19,28H,2-3,6-8,11-12H2,1H3,(H,26,27,29)/t19-/m1/s1. The van der Waals surface area contributed by atoms with Crippen LogP contribution in [0, 0.1) is 17.8 Å². The molecule has 7 nitrogen and oxygen atoms in total. The van der Waals surface area contributed by atoms with Gasteiger partial charge in [0.1, 0.15) is 6.61 Å². The third-order valence-electron chi connectivity index (χ3n) is 5.55. The molecule has 9 heteroatoms. The number of nitrogens with zero attached hydrogens (tertiary/aromatic N) is 2. The van der Waals surface area contributed by atoms with Gasteiger partial charge in [-0.2, -0.15) is 0 Å². The fraction of sp³-hybridized carbons (Fsp3) is 0.435. The molecule has 32 heavy (non-hydrogen) atoms. The highest BCUT2D eigenvalue weighted by Gasteiger charge is 2.28. The molecule has 170 valence electrons. The second-order valence-corrected chi connectivity index (χ2v) is 10.4. The van der Waals surface area contributed by atoms with Crippen molar-refractivity contribution in [1.29, 1.82) is 0 Å². The van der Waals surface area contributed by atoms with Gasteiger partial charge in [0, 0.05) is 6.26 Å². The molecule has 2 aromatic rings. The smallest absolute Gasteiger partial charge is 0.233 e. The molecule has 2 N–H and O–H groups in total. The van der Waals surface area contributed by atoms with Crippen LogP contribution in [0.4, 0.5) is 5.82 Å². The van der Waals surface area contributed by atoms with Gasteiger partial charge in [0.25, 0.3) is 0 Å². The lowest BCUT2D eigenvalue weighted by atomic mass is 9.87. The van der Waals surface area contributed by atoms with Crippen LogP contribution >= 0.6 is 11.6 Å². The van der Waals surface area contributed by atoms with Gasteiger partial charge >= 0.3 is 0 Å². The van der Waals surface area contributed by atoms with E-state index in [4.69, 9.17) is 16.7 Å². The van der Waals surface area contributed by atoms with Crippen LogP contribution in [0.1, 0.15) is 49.3 Å².